The van der Waals surface area contributed by atoms with Crippen LogP contribution in [-0.4, -0.2) is 32.5 Å². The van der Waals surface area contributed by atoms with Crippen LogP contribution >= 0.6 is 11.8 Å². The van der Waals surface area contributed by atoms with Gasteiger partial charge in [0.05, 0.1) is 4.90 Å². The zero-order valence-corrected chi connectivity index (χ0v) is 14.3. The van der Waals surface area contributed by atoms with E-state index in [4.69, 9.17) is 0 Å². The van der Waals surface area contributed by atoms with E-state index in [2.05, 4.69) is 10.0 Å². The Balaban J connectivity index is 2.07. The first-order chi connectivity index (χ1) is 9.99. The molecule has 6 heteroatoms. The molecule has 1 unspecified atom stereocenters. The van der Waals surface area contributed by atoms with Crippen LogP contribution in [0.3, 0.4) is 0 Å². The number of nitrogens with one attached hydrogen (secondary N) is 2. The first kappa shape index (κ1) is 16.8. The number of rotatable bonds is 7. The largest absolute Gasteiger partial charge is 0.310 e. The van der Waals surface area contributed by atoms with Gasteiger partial charge in [-0.25, -0.2) is 13.1 Å². The average Bonchev–Trinajstić information content (AvgIpc) is 2.97. The van der Waals surface area contributed by atoms with E-state index in [0.717, 1.165) is 23.5 Å². The monoisotopic (exact) mass is 328 g/mol. The molecule has 4 nitrogen and oxygen atoms in total. The van der Waals surface area contributed by atoms with Gasteiger partial charge in [-0.05, 0) is 35.5 Å². The second kappa shape index (κ2) is 7.63. The van der Waals surface area contributed by atoms with Gasteiger partial charge in [-0.3, -0.25) is 0 Å². The summed E-state index contributed by atoms with van der Waals surface area (Å²) in [5, 5.41) is 3.28. The highest BCUT2D eigenvalue weighted by molar-refractivity contribution is 7.99. The maximum absolute atomic E-state index is 12.5. The summed E-state index contributed by atoms with van der Waals surface area (Å²) in [4.78, 5) is 0.392. The number of sulfonamides is 1. The summed E-state index contributed by atoms with van der Waals surface area (Å²) in [5.41, 5.74) is 0.819. The van der Waals surface area contributed by atoms with Gasteiger partial charge in [0.25, 0.3) is 0 Å². The van der Waals surface area contributed by atoms with Crippen molar-refractivity contribution in [2.45, 2.75) is 37.8 Å². The van der Waals surface area contributed by atoms with E-state index in [0.29, 0.717) is 29.9 Å². The van der Waals surface area contributed by atoms with Gasteiger partial charge in [0.1, 0.15) is 0 Å². The predicted octanol–water partition coefficient (Wildman–Crippen LogP) is 2.22. The molecule has 0 amide bonds. The third-order valence-corrected chi connectivity index (χ3v) is 6.30. The third-order valence-electron chi connectivity index (χ3n) is 3.55. The SMILES string of the molecule is CC(C)NCc1ccccc1S(=O)(=O)NCC1CCSC1. The zero-order chi connectivity index (χ0) is 15.3. The van der Waals surface area contributed by atoms with Crippen molar-refractivity contribution < 1.29 is 8.42 Å². The van der Waals surface area contributed by atoms with Crippen LogP contribution in [0.5, 0.6) is 0 Å². The molecule has 0 radical (unpaired) electrons. The Morgan fingerprint density at radius 1 is 1.33 bits per heavy atom. The predicted molar refractivity (Wildman–Crippen MR) is 89.0 cm³/mol. The summed E-state index contributed by atoms with van der Waals surface area (Å²) in [6.07, 6.45) is 1.10. The Morgan fingerprint density at radius 3 is 2.76 bits per heavy atom. The Morgan fingerprint density at radius 2 is 2.10 bits per heavy atom. The van der Waals surface area contributed by atoms with E-state index >= 15 is 0 Å². The highest BCUT2D eigenvalue weighted by Gasteiger charge is 2.21. The van der Waals surface area contributed by atoms with Crippen molar-refractivity contribution in [3.63, 3.8) is 0 Å². The molecule has 1 aliphatic rings. The minimum atomic E-state index is -3.43. The molecular formula is C15H24N2O2S2. The van der Waals surface area contributed by atoms with Crippen LogP contribution in [0.25, 0.3) is 0 Å². The number of hydrogen-bond acceptors (Lipinski definition) is 4. The summed E-state index contributed by atoms with van der Waals surface area (Å²) < 4.78 is 27.8. The van der Waals surface area contributed by atoms with E-state index in [1.807, 2.05) is 37.7 Å². The Kier molecular flexibility index (Phi) is 6.10. The summed E-state index contributed by atoms with van der Waals surface area (Å²) in [5.74, 6) is 2.66. The summed E-state index contributed by atoms with van der Waals surface area (Å²) in [6, 6.07) is 7.53. The van der Waals surface area contributed by atoms with Crippen LogP contribution in [0.4, 0.5) is 0 Å². The van der Waals surface area contributed by atoms with E-state index in [9.17, 15) is 8.42 Å². The molecule has 1 saturated heterocycles. The fourth-order valence-corrected chi connectivity index (χ4v) is 4.91. The molecule has 2 N–H and O–H groups in total. The van der Waals surface area contributed by atoms with Gasteiger partial charge in [0.15, 0.2) is 0 Å². The van der Waals surface area contributed by atoms with E-state index in [1.54, 1.807) is 12.1 Å². The van der Waals surface area contributed by atoms with Gasteiger partial charge >= 0.3 is 0 Å². The summed E-state index contributed by atoms with van der Waals surface area (Å²) in [7, 11) is -3.43. The summed E-state index contributed by atoms with van der Waals surface area (Å²) in [6.45, 7) is 5.20. The smallest absolute Gasteiger partial charge is 0.240 e. The highest BCUT2D eigenvalue weighted by Crippen LogP contribution is 2.23. The molecule has 0 bridgehead atoms. The van der Waals surface area contributed by atoms with Crippen molar-refractivity contribution >= 4 is 21.8 Å². The van der Waals surface area contributed by atoms with Gasteiger partial charge in [-0.1, -0.05) is 32.0 Å². The van der Waals surface area contributed by atoms with E-state index < -0.39 is 10.0 Å². The van der Waals surface area contributed by atoms with Crippen LogP contribution in [0.1, 0.15) is 25.8 Å². The van der Waals surface area contributed by atoms with Gasteiger partial charge in [0.2, 0.25) is 10.0 Å². The molecule has 1 aliphatic heterocycles. The van der Waals surface area contributed by atoms with Gasteiger partial charge in [0, 0.05) is 19.1 Å². The van der Waals surface area contributed by atoms with Gasteiger partial charge in [-0.15, -0.1) is 0 Å². The van der Waals surface area contributed by atoms with Crippen LogP contribution in [0.2, 0.25) is 0 Å². The lowest BCUT2D eigenvalue weighted by molar-refractivity contribution is 0.542. The third kappa shape index (κ3) is 4.98. The van der Waals surface area contributed by atoms with E-state index in [-0.39, 0.29) is 0 Å². The normalized spacial score (nSPS) is 19.3. The molecule has 21 heavy (non-hydrogen) atoms. The van der Waals surface area contributed by atoms with Crippen LogP contribution < -0.4 is 10.0 Å². The molecule has 0 aliphatic carbocycles. The molecule has 1 aromatic rings. The summed E-state index contributed by atoms with van der Waals surface area (Å²) >= 11 is 1.90. The minimum Gasteiger partial charge on any atom is -0.310 e. The highest BCUT2D eigenvalue weighted by atomic mass is 32.2. The fraction of sp³-hybridized carbons (Fsp3) is 0.600. The lowest BCUT2D eigenvalue weighted by Gasteiger charge is -2.15. The minimum absolute atomic E-state index is 0.323. The lowest BCUT2D eigenvalue weighted by atomic mass is 10.1. The molecule has 1 aromatic carbocycles. The topological polar surface area (TPSA) is 58.2 Å². The fourth-order valence-electron chi connectivity index (χ4n) is 2.28. The molecule has 118 valence electrons. The molecule has 0 saturated carbocycles. The maximum atomic E-state index is 12.5. The molecular weight excluding hydrogens is 304 g/mol. The molecule has 0 spiro atoms. The number of thioether (sulfide) groups is 1. The van der Waals surface area contributed by atoms with Crippen molar-refractivity contribution in [3.05, 3.63) is 29.8 Å². The quantitative estimate of drug-likeness (QED) is 0.806. The standard InChI is InChI=1S/C15H24N2O2S2/c1-12(2)16-10-14-5-3-4-6-15(14)21(18,19)17-9-13-7-8-20-11-13/h3-6,12-13,16-17H,7-11H2,1-2H3. The zero-order valence-electron chi connectivity index (χ0n) is 12.6. The van der Waals surface area contributed by atoms with Crippen molar-refractivity contribution in [2.75, 3.05) is 18.1 Å². The molecule has 1 atom stereocenters. The second-order valence-corrected chi connectivity index (χ2v) is 8.61. The maximum Gasteiger partial charge on any atom is 0.240 e. The Hall–Kier alpha value is -0.560. The second-order valence-electron chi connectivity index (χ2n) is 5.72. The molecule has 2 rings (SSSR count). The molecule has 0 aromatic heterocycles. The Labute approximate surface area is 132 Å². The van der Waals surface area contributed by atoms with Crippen molar-refractivity contribution in [1.82, 2.24) is 10.0 Å². The van der Waals surface area contributed by atoms with Gasteiger partial charge < -0.3 is 5.32 Å². The van der Waals surface area contributed by atoms with Crippen molar-refractivity contribution in [1.29, 1.82) is 0 Å². The number of hydrogen-bond donors (Lipinski definition) is 2. The first-order valence-electron chi connectivity index (χ1n) is 7.38. The number of benzene rings is 1. The van der Waals surface area contributed by atoms with E-state index in [1.165, 1.54) is 0 Å². The Bertz CT molecular complexity index is 553. The lowest BCUT2D eigenvalue weighted by Crippen LogP contribution is -2.31. The first-order valence-corrected chi connectivity index (χ1v) is 10.0. The van der Waals surface area contributed by atoms with Gasteiger partial charge in [-0.2, -0.15) is 11.8 Å². The van der Waals surface area contributed by atoms with Crippen molar-refractivity contribution in [2.24, 2.45) is 5.92 Å². The van der Waals surface area contributed by atoms with Crippen LogP contribution in [0, 0.1) is 5.92 Å². The molecule has 1 heterocycles. The van der Waals surface area contributed by atoms with Crippen molar-refractivity contribution in [3.8, 4) is 0 Å². The molecule has 1 fully saturated rings. The average molecular weight is 329 g/mol. The van der Waals surface area contributed by atoms with Crippen LogP contribution in [-0.2, 0) is 16.6 Å². The van der Waals surface area contributed by atoms with Crippen LogP contribution in [0.15, 0.2) is 29.2 Å².